The van der Waals surface area contributed by atoms with Gasteiger partial charge in [-0.1, -0.05) is 13.8 Å². The Hall–Kier alpha value is -3.34. The van der Waals surface area contributed by atoms with Crippen molar-refractivity contribution in [3.63, 3.8) is 0 Å². The minimum Gasteiger partial charge on any atom is -0.492 e. The number of rotatable bonds is 11. The fourth-order valence-corrected chi connectivity index (χ4v) is 3.55. The van der Waals surface area contributed by atoms with Gasteiger partial charge in [0.15, 0.2) is 0 Å². The number of nitrogens with one attached hydrogen (secondary N) is 3. The van der Waals surface area contributed by atoms with Gasteiger partial charge < -0.3 is 25.3 Å². The second kappa shape index (κ2) is 11.4. The highest BCUT2D eigenvalue weighted by Crippen LogP contribution is 2.31. The van der Waals surface area contributed by atoms with Crippen molar-refractivity contribution in [1.29, 1.82) is 0 Å². The number of ether oxygens (including phenoxy) is 1. The van der Waals surface area contributed by atoms with Gasteiger partial charge in [0.25, 0.3) is 0 Å². The molecule has 8 nitrogen and oxygen atoms in total. The monoisotopic (exact) mass is 492 g/mol. The van der Waals surface area contributed by atoms with Crippen molar-refractivity contribution in [2.45, 2.75) is 32.5 Å². The predicted molar refractivity (Wildman–Crippen MR) is 129 cm³/mol. The maximum Gasteiger partial charge on any atom is 0.405 e. The van der Waals surface area contributed by atoms with Crippen LogP contribution in [0.5, 0.6) is 5.75 Å². The minimum atomic E-state index is -4.48. The number of carbonyl (C=O) groups excluding carboxylic acids is 1. The van der Waals surface area contributed by atoms with Crippen LogP contribution in [0.25, 0.3) is 22.2 Å². The molecule has 0 radical (unpaired) electrons. The molecule has 0 aliphatic heterocycles. The summed E-state index contributed by atoms with van der Waals surface area (Å²) in [6.07, 6.45) is 3.09. The van der Waals surface area contributed by atoms with E-state index >= 15 is 0 Å². The van der Waals surface area contributed by atoms with E-state index in [0.29, 0.717) is 23.7 Å². The van der Waals surface area contributed by atoms with Crippen LogP contribution in [0.1, 0.15) is 20.3 Å². The van der Waals surface area contributed by atoms with Crippen LogP contribution in [0.3, 0.4) is 0 Å². The van der Waals surface area contributed by atoms with E-state index in [1.54, 1.807) is 32.3 Å². The predicted octanol–water partition coefficient (Wildman–Crippen LogP) is 4.07. The lowest BCUT2D eigenvalue weighted by molar-refractivity contribution is -0.139. The average Bonchev–Trinajstić information content (AvgIpc) is 3.21. The molecule has 11 heteroatoms. The van der Waals surface area contributed by atoms with E-state index in [2.05, 4.69) is 25.2 Å². The molecule has 1 unspecified atom stereocenters. The van der Waals surface area contributed by atoms with Gasteiger partial charge in [0.1, 0.15) is 24.0 Å². The summed E-state index contributed by atoms with van der Waals surface area (Å²) in [6.45, 7) is 3.62. The third kappa shape index (κ3) is 7.57. The van der Waals surface area contributed by atoms with Gasteiger partial charge in [-0.3, -0.25) is 9.78 Å². The van der Waals surface area contributed by atoms with Crippen LogP contribution in [0.4, 0.5) is 18.9 Å². The van der Waals surface area contributed by atoms with Crippen LogP contribution < -0.4 is 15.4 Å². The van der Waals surface area contributed by atoms with Gasteiger partial charge in [-0.05, 0) is 38.6 Å². The molecule has 1 atom stereocenters. The first kappa shape index (κ1) is 26.3. The number of anilines is 1. The molecular weight excluding hydrogens is 461 g/mol. The van der Waals surface area contributed by atoms with Crippen molar-refractivity contribution in [1.82, 2.24) is 25.2 Å². The van der Waals surface area contributed by atoms with Crippen molar-refractivity contribution >= 4 is 22.6 Å². The third-order valence-electron chi connectivity index (χ3n) is 5.31. The summed E-state index contributed by atoms with van der Waals surface area (Å²) in [4.78, 5) is 26.3. The molecule has 3 N–H and O–H groups in total. The van der Waals surface area contributed by atoms with Gasteiger partial charge in [0.2, 0.25) is 5.91 Å². The Bertz CT molecular complexity index is 1130. The Morgan fingerprint density at radius 3 is 2.66 bits per heavy atom. The topological polar surface area (TPSA) is 95.2 Å². The molecule has 1 amide bonds. The minimum absolute atomic E-state index is 0.253. The second-order valence-electron chi connectivity index (χ2n) is 8.94. The standard InChI is InChI=1S/C24H31F3N6O2/c1-15(2)21(23(34)31-14-24(25,26)27)32-17-8-16(10-28-11-17)20-13-30-22-19(20)9-18(12-29-22)35-7-5-6-33(3)4/h8-13,15,21,32H,5-7,14H2,1-4H3,(H,29,30)(H,31,34). The smallest absolute Gasteiger partial charge is 0.405 e. The van der Waals surface area contributed by atoms with E-state index in [4.69, 9.17) is 4.74 Å². The molecule has 0 aliphatic carbocycles. The van der Waals surface area contributed by atoms with E-state index in [1.165, 1.54) is 6.20 Å². The van der Waals surface area contributed by atoms with E-state index in [9.17, 15) is 18.0 Å². The molecule has 0 spiro atoms. The zero-order chi connectivity index (χ0) is 25.6. The lowest BCUT2D eigenvalue weighted by atomic mass is 10.0. The number of nitrogens with zero attached hydrogens (tertiary/aromatic N) is 3. The first-order valence-electron chi connectivity index (χ1n) is 11.3. The number of aromatic nitrogens is 3. The van der Waals surface area contributed by atoms with Crippen LogP contribution in [0, 0.1) is 5.92 Å². The molecule has 3 aromatic rings. The summed E-state index contributed by atoms with van der Waals surface area (Å²) < 4.78 is 43.4. The number of halogens is 3. The second-order valence-corrected chi connectivity index (χ2v) is 8.94. The normalized spacial score (nSPS) is 12.8. The number of fused-ring (bicyclic) bond motifs is 1. The molecule has 3 heterocycles. The molecule has 35 heavy (non-hydrogen) atoms. The van der Waals surface area contributed by atoms with Gasteiger partial charge in [-0.15, -0.1) is 0 Å². The molecule has 0 saturated heterocycles. The highest BCUT2D eigenvalue weighted by molar-refractivity contribution is 5.94. The molecule has 0 aliphatic rings. The maximum absolute atomic E-state index is 12.5. The average molecular weight is 493 g/mol. The number of H-pyrrole nitrogens is 1. The van der Waals surface area contributed by atoms with Crippen LogP contribution in [-0.4, -0.2) is 71.8 Å². The Balaban J connectivity index is 1.77. The Morgan fingerprint density at radius 1 is 1.20 bits per heavy atom. The van der Waals surface area contributed by atoms with Gasteiger partial charge in [-0.2, -0.15) is 13.2 Å². The highest BCUT2D eigenvalue weighted by Gasteiger charge is 2.30. The van der Waals surface area contributed by atoms with Crippen molar-refractivity contribution in [2.75, 3.05) is 39.1 Å². The SMILES string of the molecule is CC(C)C(Nc1cncc(-c2c[nH]c3ncc(OCCCN(C)C)cc23)c1)C(=O)NCC(F)(F)F. The van der Waals surface area contributed by atoms with Crippen LogP contribution in [0.2, 0.25) is 0 Å². The van der Waals surface area contributed by atoms with Gasteiger partial charge in [0.05, 0.1) is 18.5 Å². The summed E-state index contributed by atoms with van der Waals surface area (Å²) in [5, 5.41) is 5.82. The molecule has 3 rings (SSSR count). The number of hydrogen-bond acceptors (Lipinski definition) is 6. The number of carbonyl (C=O) groups is 1. The first-order valence-corrected chi connectivity index (χ1v) is 11.3. The van der Waals surface area contributed by atoms with Crippen molar-refractivity contribution in [3.05, 3.63) is 36.9 Å². The summed E-state index contributed by atoms with van der Waals surface area (Å²) >= 11 is 0. The molecule has 0 saturated carbocycles. The van der Waals surface area contributed by atoms with Crippen molar-refractivity contribution < 1.29 is 22.7 Å². The van der Waals surface area contributed by atoms with Gasteiger partial charge in [-0.25, -0.2) is 4.98 Å². The number of aromatic amines is 1. The molecule has 3 aromatic heterocycles. The highest BCUT2D eigenvalue weighted by atomic mass is 19.4. The van der Waals surface area contributed by atoms with Gasteiger partial charge in [0, 0.05) is 41.6 Å². The van der Waals surface area contributed by atoms with E-state index in [-0.39, 0.29) is 5.92 Å². The molecule has 190 valence electrons. The largest absolute Gasteiger partial charge is 0.492 e. The Morgan fingerprint density at radius 2 is 1.97 bits per heavy atom. The van der Waals surface area contributed by atoms with Crippen LogP contribution in [-0.2, 0) is 4.79 Å². The molecule has 0 aromatic carbocycles. The Labute approximate surface area is 202 Å². The quantitative estimate of drug-likeness (QED) is 0.350. The van der Waals surface area contributed by atoms with Gasteiger partial charge >= 0.3 is 6.18 Å². The van der Waals surface area contributed by atoms with Crippen LogP contribution >= 0.6 is 0 Å². The first-order chi connectivity index (χ1) is 16.5. The number of amides is 1. The summed E-state index contributed by atoms with van der Waals surface area (Å²) in [5.74, 6) is -0.327. The summed E-state index contributed by atoms with van der Waals surface area (Å²) in [5.41, 5.74) is 2.79. The number of pyridine rings is 2. The lowest BCUT2D eigenvalue weighted by Gasteiger charge is -2.23. The molecule has 0 fully saturated rings. The van der Waals surface area contributed by atoms with E-state index < -0.39 is 24.7 Å². The van der Waals surface area contributed by atoms with Crippen LogP contribution in [0.15, 0.2) is 36.9 Å². The zero-order valence-corrected chi connectivity index (χ0v) is 20.2. The fourth-order valence-electron chi connectivity index (χ4n) is 3.55. The Kier molecular flexibility index (Phi) is 8.55. The zero-order valence-electron chi connectivity index (χ0n) is 20.2. The van der Waals surface area contributed by atoms with Crippen molar-refractivity contribution in [3.8, 4) is 16.9 Å². The van der Waals surface area contributed by atoms with Crippen molar-refractivity contribution in [2.24, 2.45) is 5.92 Å². The maximum atomic E-state index is 12.5. The molecular formula is C24H31F3N6O2. The number of hydrogen-bond donors (Lipinski definition) is 3. The fraction of sp³-hybridized carbons (Fsp3) is 0.458. The summed E-state index contributed by atoms with van der Waals surface area (Å²) in [7, 11) is 4.02. The lowest BCUT2D eigenvalue weighted by Crippen LogP contribution is -2.46. The molecule has 0 bridgehead atoms. The van der Waals surface area contributed by atoms with E-state index in [1.807, 2.05) is 31.7 Å². The van der Waals surface area contributed by atoms with E-state index in [0.717, 1.165) is 29.5 Å². The number of alkyl halides is 3. The third-order valence-corrected chi connectivity index (χ3v) is 5.31. The summed E-state index contributed by atoms with van der Waals surface area (Å²) in [6, 6.07) is 2.85.